The highest BCUT2D eigenvalue weighted by Gasteiger charge is 2.35. The van der Waals surface area contributed by atoms with Gasteiger partial charge in [-0.3, -0.25) is 0 Å². The van der Waals surface area contributed by atoms with Gasteiger partial charge in [-0.2, -0.15) is 13.0 Å². The number of aliphatic hydroxyl groups excluding tert-OH is 1. The lowest BCUT2D eigenvalue weighted by molar-refractivity contribution is 0.0521. The van der Waals surface area contributed by atoms with E-state index in [2.05, 4.69) is 8.73 Å². The summed E-state index contributed by atoms with van der Waals surface area (Å²) in [6, 6.07) is 5.02. The van der Waals surface area contributed by atoms with E-state index >= 15 is 0 Å². The summed E-state index contributed by atoms with van der Waals surface area (Å²) in [5.74, 6) is -0.0127. The Kier molecular flexibility index (Phi) is 3.96. The van der Waals surface area contributed by atoms with Gasteiger partial charge in [0.2, 0.25) is 10.0 Å². The quantitative estimate of drug-likeness (QED) is 0.938. The van der Waals surface area contributed by atoms with E-state index in [4.69, 9.17) is 0 Å². The van der Waals surface area contributed by atoms with Crippen LogP contribution in [0.5, 0.6) is 0 Å². The molecule has 1 aromatic carbocycles. The average Bonchev–Trinajstić information content (AvgIpc) is 2.95. The van der Waals surface area contributed by atoms with E-state index in [0.717, 1.165) is 17.8 Å². The Morgan fingerprint density at radius 2 is 2.24 bits per heavy atom. The molecular weight excluding hydrogens is 310 g/mol. The van der Waals surface area contributed by atoms with Crippen molar-refractivity contribution in [2.75, 3.05) is 13.1 Å². The molecular formula is C13H17N3O3S2. The number of piperidine rings is 1. The van der Waals surface area contributed by atoms with E-state index in [1.807, 2.05) is 6.92 Å². The third-order valence-electron chi connectivity index (χ3n) is 4.05. The lowest BCUT2D eigenvalue weighted by atomic mass is 9.94. The molecule has 0 amide bonds. The molecule has 0 bridgehead atoms. The smallest absolute Gasteiger partial charge is 0.245 e. The van der Waals surface area contributed by atoms with Gasteiger partial charge in [-0.25, -0.2) is 8.42 Å². The molecule has 0 aromatic heterocycles. The van der Waals surface area contributed by atoms with Crippen molar-refractivity contribution in [3.8, 4) is 0 Å². The van der Waals surface area contributed by atoms with Gasteiger partial charge in [0.05, 0.1) is 17.5 Å². The van der Waals surface area contributed by atoms with Crippen LogP contribution < -0.4 is 0 Å². The summed E-state index contributed by atoms with van der Waals surface area (Å²) in [5, 5.41) is 9.92. The summed E-state index contributed by atoms with van der Waals surface area (Å²) in [6.07, 6.45) is 0.816. The maximum absolute atomic E-state index is 12.8. The molecule has 2 atom stereocenters. The number of fused-ring (bicyclic) bond motifs is 1. The van der Waals surface area contributed by atoms with Crippen LogP contribution in [0.25, 0.3) is 0 Å². The van der Waals surface area contributed by atoms with Crippen molar-refractivity contribution in [3.63, 3.8) is 0 Å². The second kappa shape index (κ2) is 5.60. The van der Waals surface area contributed by atoms with Gasteiger partial charge in [0.25, 0.3) is 0 Å². The summed E-state index contributed by atoms with van der Waals surface area (Å²) >= 11 is 1.01. The third kappa shape index (κ3) is 2.57. The van der Waals surface area contributed by atoms with Gasteiger partial charge in [-0.15, -0.1) is 0 Å². The topological polar surface area (TPSA) is 82.3 Å². The Morgan fingerprint density at radius 1 is 1.43 bits per heavy atom. The first-order chi connectivity index (χ1) is 10.0. The molecule has 3 rings (SSSR count). The van der Waals surface area contributed by atoms with Crippen LogP contribution >= 0.6 is 0 Å². The van der Waals surface area contributed by atoms with Crippen LogP contribution in [0.1, 0.15) is 19.8 Å². The maximum atomic E-state index is 12.8. The standard InChI is InChI=1S/C13H17N3O3S2/c1-2-9-8-16(7-6-11(9)17)21(18,19)12-5-3-4-10-13(12)15-20-14-10/h3-5,9,11,17H,2,6-8H2,1H3. The first-order valence-corrected chi connectivity index (χ1v) is 9.10. The number of rotatable bonds is 3. The lowest BCUT2D eigenvalue weighted by Gasteiger charge is -2.35. The molecule has 2 heterocycles. The van der Waals surface area contributed by atoms with Crippen molar-refractivity contribution in [1.82, 2.24) is 4.31 Å². The molecule has 1 N–H and O–H groups in total. The van der Waals surface area contributed by atoms with Gasteiger partial charge in [-0.1, -0.05) is 13.0 Å². The third-order valence-corrected chi connectivity index (χ3v) is 6.49. The molecule has 2 aliphatic rings. The minimum atomic E-state index is -3.60. The molecule has 0 saturated carbocycles. The molecule has 0 spiro atoms. The van der Waals surface area contributed by atoms with Crippen LogP contribution in [0, 0.1) is 5.92 Å². The van der Waals surface area contributed by atoms with Crippen LogP contribution in [0.4, 0.5) is 11.4 Å². The first kappa shape index (κ1) is 14.8. The second-order valence-corrected chi connectivity index (χ2v) is 7.71. The van der Waals surface area contributed by atoms with Gasteiger partial charge in [-0.05, 0) is 30.9 Å². The van der Waals surface area contributed by atoms with Gasteiger partial charge >= 0.3 is 0 Å². The number of benzene rings is 1. The Morgan fingerprint density at radius 3 is 3.00 bits per heavy atom. The van der Waals surface area contributed by atoms with Crippen LogP contribution in [0.3, 0.4) is 0 Å². The Labute approximate surface area is 127 Å². The van der Waals surface area contributed by atoms with E-state index in [1.165, 1.54) is 4.31 Å². The molecule has 6 nitrogen and oxygen atoms in total. The SMILES string of the molecule is CCC1CN(S(=O)(=O)c2cccc3c2N=S=N3)CCC1O. The van der Waals surface area contributed by atoms with Gasteiger partial charge in [0.1, 0.15) is 16.3 Å². The van der Waals surface area contributed by atoms with Crippen LogP contribution in [0.15, 0.2) is 31.8 Å². The highest BCUT2D eigenvalue weighted by atomic mass is 32.2. The highest BCUT2D eigenvalue weighted by Crippen LogP contribution is 2.39. The first-order valence-electron chi connectivity index (χ1n) is 6.93. The van der Waals surface area contributed by atoms with E-state index in [1.54, 1.807) is 18.2 Å². The molecule has 21 heavy (non-hydrogen) atoms. The summed E-state index contributed by atoms with van der Waals surface area (Å²) in [7, 11) is -3.60. The van der Waals surface area contributed by atoms with Crippen molar-refractivity contribution in [2.45, 2.75) is 30.8 Å². The number of nitrogens with zero attached hydrogens (tertiary/aromatic N) is 3. The zero-order chi connectivity index (χ0) is 15.0. The molecule has 2 aliphatic heterocycles. The monoisotopic (exact) mass is 327 g/mol. The molecule has 1 aromatic rings. The molecule has 0 aliphatic carbocycles. The molecule has 1 saturated heterocycles. The number of hydrogen-bond acceptors (Lipinski definition) is 5. The number of sulfonamides is 1. The maximum Gasteiger partial charge on any atom is 0.245 e. The number of hydrogen-bond donors (Lipinski definition) is 1. The number of aliphatic hydroxyl groups is 1. The fourth-order valence-electron chi connectivity index (χ4n) is 2.73. The van der Waals surface area contributed by atoms with Crippen LogP contribution in [-0.4, -0.2) is 37.0 Å². The molecule has 2 unspecified atom stereocenters. The van der Waals surface area contributed by atoms with E-state index in [9.17, 15) is 13.5 Å². The van der Waals surface area contributed by atoms with Gasteiger partial charge < -0.3 is 5.11 Å². The van der Waals surface area contributed by atoms with Crippen molar-refractivity contribution in [3.05, 3.63) is 18.2 Å². The minimum Gasteiger partial charge on any atom is -0.393 e. The summed E-state index contributed by atoms with van der Waals surface area (Å²) in [6.45, 7) is 2.66. The normalized spacial score (nSPS) is 25.6. The van der Waals surface area contributed by atoms with E-state index in [-0.39, 0.29) is 10.8 Å². The van der Waals surface area contributed by atoms with E-state index in [0.29, 0.717) is 30.9 Å². The van der Waals surface area contributed by atoms with Crippen LogP contribution in [0.2, 0.25) is 0 Å². The molecule has 1 fully saturated rings. The molecule has 114 valence electrons. The zero-order valence-corrected chi connectivity index (χ0v) is 13.3. The molecule has 0 radical (unpaired) electrons. The lowest BCUT2D eigenvalue weighted by Crippen LogP contribution is -2.45. The summed E-state index contributed by atoms with van der Waals surface area (Å²) < 4.78 is 35.4. The van der Waals surface area contributed by atoms with Crippen LogP contribution in [-0.2, 0) is 21.4 Å². The average molecular weight is 327 g/mol. The van der Waals surface area contributed by atoms with Crippen molar-refractivity contribution in [1.29, 1.82) is 0 Å². The summed E-state index contributed by atoms with van der Waals surface area (Å²) in [5.41, 5.74) is 1.03. The van der Waals surface area contributed by atoms with Crippen molar-refractivity contribution >= 4 is 32.8 Å². The Hall–Kier alpha value is -1.09. The fourth-order valence-corrected chi connectivity index (χ4v) is 5.00. The largest absolute Gasteiger partial charge is 0.393 e. The second-order valence-electron chi connectivity index (χ2n) is 5.28. The predicted octanol–water partition coefficient (Wildman–Crippen LogP) is 2.19. The summed E-state index contributed by atoms with van der Waals surface area (Å²) in [4.78, 5) is 0.208. The van der Waals surface area contributed by atoms with Gasteiger partial charge in [0.15, 0.2) is 0 Å². The Bertz CT molecular complexity index is 726. The van der Waals surface area contributed by atoms with Gasteiger partial charge in [0, 0.05) is 13.1 Å². The minimum absolute atomic E-state index is 0.0127. The Balaban J connectivity index is 1.95. The highest BCUT2D eigenvalue weighted by molar-refractivity contribution is 7.89. The zero-order valence-electron chi connectivity index (χ0n) is 11.6. The van der Waals surface area contributed by atoms with Crippen molar-refractivity contribution in [2.24, 2.45) is 14.6 Å². The predicted molar refractivity (Wildman–Crippen MR) is 81.1 cm³/mol. The van der Waals surface area contributed by atoms with E-state index < -0.39 is 16.1 Å². The fraction of sp³-hybridized carbons (Fsp3) is 0.538. The van der Waals surface area contributed by atoms with Crippen molar-refractivity contribution < 1.29 is 13.5 Å². The molecule has 8 heteroatoms.